The van der Waals surface area contributed by atoms with E-state index < -0.39 is 0 Å². The Hall–Kier alpha value is -2.61. The maximum absolute atomic E-state index is 6.05. The molecule has 0 atom stereocenters. The molecular formula is C19H21ClN6O2. The van der Waals surface area contributed by atoms with Crippen molar-refractivity contribution in [3.05, 3.63) is 41.1 Å². The molecule has 0 spiro atoms. The molecule has 3 aliphatic carbocycles. The molecule has 1 N–H and O–H groups in total. The van der Waals surface area contributed by atoms with Crippen molar-refractivity contribution in [2.75, 3.05) is 5.32 Å². The van der Waals surface area contributed by atoms with E-state index >= 15 is 0 Å². The summed E-state index contributed by atoms with van der Waals surface area (Å²) >= 11 is 6.05. The standard InChI is InChI=1S/C19H21ClN6O2/c1-11(2)26-17(28-14-6-4-5-13(20)7-14)21-16(25-26)22-19-8-18(9-19,10-19)15-24-23-12(3)27-15/h4-7,11H,8-10H2,1-3H3,(H,22,25). The zero-order valence-corrected chi connectivity index (χ0v) is 16.7. The molecular weight excluding hydrogens is 380 g/mol. The van der Waals surface area contributed by atoms with E-state index in [4.69, 9.17) is 20.8 Å². The highest BCUT2D eigenvalue weighted by Crippen LogP contribution is 2.68. The maximum atomic E-state index is 6.05. The molecule has 3 saturated carbocycles. The Morgan fingerprint density at radius 3 is 2.68 bits per heavy atom. The Bertz CT molecular complexity index is 1020. The van der Waals surface area contributed by atoms with E-state index in [2.05, 4.69) is 25.6 Å². The first-order chi connectivity index (χ1) is 13.4. The largest absolute Gasteiger partial charge is 0.425 e. The summed E-state index contributed by atoms with van der Waals surface area (Å²) in [6.45, 7) is 5.90. The smallest absolute Gasteiger partial charge is 0.322 e. The SMILES string of the molecule is Cc1nnc(C23CC(Nc4nc(Oc5cccc(Cl)c5)n(C(C)C)n4)(C2)C3)o1. The van der Waals surface area contributed by atoms with Gasteiger partial charge in [0.15, 0.2) is 0 Å². The summed E-state index contributed by atoms with van der Waals surface area (Å²) in [6.07, 6.45) is 2.84. The van der Waals surface area contributed by atoms with Crippen molar-refractivity contribution < 1.29 is 9.15 Å². The molecule has 3 fully saturated rings. The molecule has 3 aromatic rings. The molecule has 2 bridgehead atoms. The van der Waals surface area contributed by atoms with Crippen molar-refractivity contribution in [1.29, 1.82) is 0 Å². The van der Waals surface area contributed by atoms with Crippen LogP contribution in [0.15, 0.2) is 28.7 Å². The molecule has 0 radical (unpaired) electrons. The van der Waals surface area contributed by atoms with E-state index in [1.54, 1.807) is 16.8 Å². The summed E-state index contributed by atoms with van der Waals surface area (Å²) in [7, 11) is 0. The number of halogens is 1. The summed E-state index contributed by atoms with van der Waals surface area (Å²) < 4.78 is 13.3. The van der Waals surface area contributed by atoms with Gasteiger partial charge in [-0.25, -0.2) is 4.68 Å². The fourth-order valence-corrected chi connectivity index (χ4v) is 4.48. The minimum atomic E-state index is -0.00113. The molecule has 9 heteroatoms. The normalized spacial score (nSPS) is 25.3. The van der Waals surface area contributed by atoms with Gasteiger partial charge in [-0.3, -0.25) is 0 Å². The van der Waals surface area contributed by atoms with Gasteiger partial charge in [0.25, 0.3) is 0 Å². The fourth-order valence-electron chi connectivity index (χ4n) is 4.30. The van der Waals surface area contributed by atoms with E-state index in [0.717, 1.165) is 25.2 Å². The first-order valence-corrected chi connectivity index (χ1v) is 9.73. The van der Waals surface area contributed by atoms with Gasteiger partial charge in [-0.1, -0.05) is 17.7 Å². The lowest BCUT2D eigenvalue weighted by molar-refractivity contribution is -0.0618. The number of nitrogens with one attached hydrogen (secondary N) is 1. The molecule has 0 amide bonds. The van der Waals surface area contributed by atoms with Gasteiger partial charge >= 0.3 is 6.01 Å². The van der Waals surface area contributed by atoms with Crippen molar-refractivity contribution >= 4 is 17.5 Å². The van der Waals surface area contributed by atoms with Crippen LogP contribution in [-0.2, 0) is 5.41 Å². The van der Waals surface area contributed by atoms with Gasteiger partial charge in [0.1, 0.15) is 5.75 Å². The summed E-state index contributed by atoms with van der Waals surface area (Å²) in [6, 6.07) is 7.79. The Morgan fingerprint density at radius 2 is 2.04 bits per heavy atom. The number of benzene rings is 1. The van der Waals surface area contributed by atoms with Crippen LogP contribution in [-0.4, -0.2) is 30.5 Å². The topological polar surface area (TPSA) is 90.9 Å². The number of anilines is 1. The average molecular weight is 401 g/mol. The molecule has 2 aromatic heterocycles. The Labute approximate surface area is 167 Å². The lowest BCUT2D eigenvalue weighted by Crippen LogP contribution is -2.73. The first kappa shape index (κ1) is 17.5. The summed E-state index contributed by atoms with van der Waals surface area (Å²) in [5.74, 6) is 2.56. The summed E-state index contributed by atoms with van der Waals surface area (Å²) in [5.41, 5.74) is 0.0217. The van der Waals surface area contributed by atoms with Gasteiger partial charge in [0.05, 0.1) is 11.5 Å². The highest BCUT2D eigenvalue weighted by molar-refractivity contribution is 6.30. The van der Waals surface area contributed by atoms with Crippen LogP contribution in [0.3, 0.4) is 0 Å². The third-order valence-electron chi connectivity index (χ3n) is 5.48. The van der Waals surface area contributed by atoms with Gasteiger partial charge in [-0.05, 0) is 51.3 Å². The predicted molar refractivity (Wildman–Crippen MR) is 103 cm³/mol. The number of aromatic nitrogens is 5. The average Bonchev–Trinajstić information content (AvgIpc) is 3.16. The van der Waals surface area contributed by atoms with Gasteiger partial charge in [-0.15, -0.1) is 15.3 Å². The minimum Gasteiger partial charge on any atom is -0.425 e. The third kappa shape index (κ3) is 2.74. The van der Waals surface area contributed by atoms with Crippen LogP contribution >= 0.6 is 11.6 Å². The number of rotatable bonds is 6. The second kappa shape index (κ2) is 5.94. The second-order valence-electron chi connectivity index (χ2n) is 8.16. The van der Waals surface area contributed by atoms with Crippen LogP contribution in [0, 0.1) is 6.92 Å². The van der Waals surface area contributed by atoms with Gasteiger partial charge in [0.2, 0.25) is 17.7 Å². The first-order valence-electron chi connectivity index (χ1n) is 9.35. The van der Waals surface area contributed by atoms with Crippen LogP contribution in [0.4, 0.5) is 5.95 Å². The molecule has 0 aliphatic heterocycles. The minimum absolute atomic E-state index is 0.00113. The van der Waals surface area contributed by atoms with Gasteiger partial charge < -0.3 is 14.5 Å². The van der Waals surface area contributed by atoms with Gasteiger partial charge in [0, 0.05) is 17.5 Å². The third-order valence-corrected chi connectivity index (χ3v) is 5.72. The van der Waals surface area contributed by atoms with Crippen molar-refractivity contribution in [3.63, 3.8) is 0 Å². The highest BCUT2D eigenvalue weighted by atomic mass is 35.5. The fraction of sp³-hybridized carbons (Fsp3) is 0.474. The van der Waals surface area contributed by atoms with E-state index in [0.29, 0.717) is 28.6 Å². The molecule has 1 aromatic carbocycles. The molecule has 2 heterocycles. The van der Waals surface area contributed by atoms with E-state index in [1.807, 2.05) is 32.9 Å². The molecule has 146 valence electrons. The van der Waals surface area contributed by atoms with Crippen molar-refractivity contribution in [1.82, 2.24) is 25.0 Å². The van der Waals surface area contributed by atoms with E-state index in [1.165, 1.54) is 0 Å². The molecule has 3 aliphatic rings. The van der Waals surface area contributed by atoms with E-state index in [-0.39, 0.29) is 17.0 Å². The molecule has 6 rings (SSSR count). The summed E-state index contributed by atoms with van der Waals surface area (Å²) in [4.78, 5) is 4.57. The number of hydrogen-bond acceptors (Lipinski definition) is 7. The van der Waals surface area contributed by atoms with Crippen LogP contribution in [0.25, 0.3) is 0 Å². The highest BCUT2D eigenvalue weighted by Gasteiger charge is 2.71. The Kier molecular flexibility index (Phi) is 3.71. The van der Waals surface area contributed by atoms with Crippen molar-refractivity contribution in [2.24, 2.45) is 0 Å². The predicted octanol–water partition coefficient (Wildman–Crippen LogP) is 4.28. The van der Waals surface area contributed by atoms with Crippen LogP contribution < -0.4 is 10.1 Å². The number of hydrogen-bond donors (Lipinski definition) is 1. The Morgan fingerprint density at radius 1 is 1.25 bits per heavy atom. The maximum Gasteiger partial charge on any atom is 0.322 e. The van der Waals surface area contributed by atoms with Crippen LogP contribution in [0.5, 0.6) is 11.8 Å². The quantitative estimate of drug-likeness (QED) is 0.660. The number of nitrogens with zero attached hydrogens (tertiary/aromatic N) is 5. The van der Waals surface area contributed by atoms with Gasteiger partial charge in [-0.2, -0.15) is 4.98 Å². The molecule has 8 nitrogen and oxygen atoms in total. The zero-order chi connectivity index (χ0) is 19.5. The number of ether oxygens (including phenoxy) is 1. The van der Waals surface area contributed by atoms with Crippen LogP contribution in [0.2, 0.25) is 5.02 Å². The van der Waals surface area contributed by atoms with Crippen molar-refractivity contribution in [2.45, 2.75) is 57.0 Å². The Balaban J connectivity index is 1.32. The zero-order valence-electron chi connectivity index (χ0n) is 15.9. The number of aryl methyl sites for hydroxylation is 1. The molecule has 0 unspecified atom stereocenters. The molecule has 0 saturated heterocycles. The monoisotopic (exact) mass is 400 g/mol. The second-order valence-corrected chi connectivity index (χ2v) is 8.59. The summed E-state index contributed by atoms with van der Waals surface area (Å²) in [5, 5.41) is 16.9. The lowest BCUT2D eigenvalue weighted by atomic mass is 9.39. The van der Waals surface area contributed by atoms with Crippen molar-refractivity contribution in [3.8, 4) is 11.8 Å². The van der Waals surface area contributed by atoms with Crippen LogP contribution in [0.1, 0.15) is 50.9 Å². The molecule has 28 heavy (non-hydrogen) atoms. The van der Waals surface area contributed by atoms with E-state index in [9.17, 15) is 0 Å². The lowest BCUT2D eigenvalue weighted by Gasteiger charge is -2.68.